The van der Waals surface area contributed by atoms with Gasteiger partial charge in [-0.25, -0.2) is 9.37 Å². The lowest BCUT2D eigenvalue weighted by Gasteiger charge is -2.31. The predicted octanol–water partition coefficient (Wildman–Crippen LogP) is 3.43. The number of nitrogens with zero attached hydrogens (tertiary/aromatic N) is 3. The molecular formula is C17H20FN3O2S. The Balaban J connectivity index is 2.19. The van der Waals surface area contributed by atoms with E-state index in [0.717, 1.165) is 0 Å². The number of thiazole rings is 1. The van der Waals surface area contributed by atoms with Crippen LogP contribution in [0.1, 0.15) is 41.6 Å². The van der Waals surface area contributed by atoms with E-state index < -0.39 is 5.82 Å². The van der Waals surface area contributed by atoms with Gasteiger partial charge >= 0.3 is 0 Å². The van der Waals surface area contributed by atoms with Crippen molar-refractivity contribution in [2.24, 2.45) is 0 Å². The third-order valence-electron chi connectivity index (χ3n) is 3.70. The summed E-state index contributed by atoms with van der Waals surface area (Å²) >= 11 is 1.21. The Hall–Kier alpha value is -2.28. The van der Waals surface area contributed by atoms with Crippen molar-refractivity contribution in [3.8, 4) is 0 Å². The SMILES string of the molecule is CN(C(=O)c1ccc(F)cc1)c1nc(C(=O)N(C)C(C)(C)C)cs1. The van der Waals surface area contributed by atoms with Crippen molar-refractivity contribution < 1.29 is 14.0 Å². The Morgan fingerprint density at radius 2 is 1.67 bits per heavy atom. The second-order valence-electron chi connectivity index (χ2n) is 6.42. The average Bonchev–Trinajstić information content (AvgIpc) is 3.01. The molecule has 7 heteroatoms. The number of hydrogen-bond donors (Lipinski definition) is 0. The average molecular weight is 349 g/mol. The second-order valence-corrected chi connectivity index (χ2v) is 7.26. The third-order valence-corrected chi connectivity index (χ3v) is 4.62. The minimum absolute atomic E-state index is 0.201. The summed E-state index contributed by atoms with van der Waals surface area (Å²) in [5, 5.41) is 2.05. The van der Waals surface area contributed by atoms with Crippen LogP contribution in [0.5, 0.6) is 0 Å². The highest BCUT2D eigenvalue weighted by Crippen LogP contribution is 2.23. The van der Waals surface area contributed by atoms with E-state index in [9.17, 15) is 14.0 Å². The molecule has 5 nitrogen and oxygen atoms in total. The molecule has 0 aliphatic heterocycles. The number of aromatic nitrogens is 1. The van der Waals surface area contributed by atoms with Gasteiger partial charge in [-0.15, -0.1) is 11.3 Å². The molecule has 2 aromatic rings. The van der Waals surface area contributed by atoms with Gasteiger partial charge in [-0.3, -0.25) is 14.5 Å². The van der Waals surface area contributed by atoms with E-state index in [1.54, 1.807) is 24.4 Å². The first-order valence-electron chi connectivity index (χ1n) is 7.38. The van der Waals surface area contributed by atoms with Crippen LogP contribution in [0.15, 0.2) is 29.6 Å². The van der Waals surface area contributed by atoms with Gasteiger partial charge in [0, 0.05) is 30.6 Å². The minimum atomic E-state index is -0.401. The molecule has 0 aliphatic rings. The summed E-state index contributed by atoms with van der Waals surface area (Å²) in [6.07, 6.45) is 0. The third kappa shape index (κ3) is 3.79. The molecule has 1 aromatic carbocycles. The van der Waals surface area contributed by atoms with Gasteiger partial charge in [-0.2, -0.15) is 0 Å². The van der Waals surface area contributed by atoms with Gasteiger partial charge in [-0.1, -0.05) is 0 Å². The summed E-state index contributed by atoms with van der Waals surface area (Å²) in [4.78, 5) is 32.1. The lowest BCUT2D eigenvalue weighted by atomic mass is 10.1. The number of hydrogen-bond acceptors (Lipinski definition) is 4. The van der Waals surface area contributed by atoms with Crippen molar-refractivity contribution in [3.63, 3.8) is 0 Å². The molecule has 0 aliphatic carbocycles. The second kappa shape index (κ2) is 6.68. The van der Waals surface area contributed by atoms with Gasteiger partial charge in [0.25, 0.3) is 11.8 Å². The molecule has 128 valence electrons. The van der Waals surface area contributed by atoms with Crippen molar-refractivity contribution in [1.82, 2.24) is 9.88 Å². The first-order valence-corrected chi connectivity index (χ1v) is 8.26. The van der Waals surface area contributed by atoms with Gasteiger partial charge in [0.2, 0.25) is 0 Å². The quantitative estimate of drug-likeness (QED) is 0.853. The molecule has 0 bridgehead atoms. The lowest BCUT2D eigenvalue weighted by Crippen LogP contribution is -2.42. The van der Waals surface area contributed by atoms with Crippen molar-refractivity contribution in [1.29, 1.82) is 0 Å². The number of rotatable bonds is 3. The summed E-state index contributed by atoms with van der Waals surface area (Å²) in [5.41, 5.74) is 0.330. The summed E-state index contributed by atoms with van der Waals surface area (Å²) in [7, 11) is 3.29. The van der Waals surface area contributed by atoms with Gasteiger partial charge in [-0.05, 0) is 45.0 Å². The van der Waals surface area contributed by atoms with E-state index in [1.807, 2.05) is 20.8 Å². The van der Waals surface area contributed by atoms with E-state index in [1.165, 1.54) is 40.5 Å². The van der Waals surface area contributed by atoms with E-state index in [2.05, 4.69) is 4.98 Å². The molecule has 2 amide bonds. The van der Waals surface area contributed by atoms with Crippen molar-refractivity contribution in [3.05, 3.63) is 46.7 Å². The maximum atomic E-state index is 13.0. The van der Waals surface area contributed by atoms with Gasteiger partial charge in [0.15, 0.2) is 5.13 Å². The van der Waals surface area contributed by atoms with Crippen LogP contribution in [0, 0.1) is 5.82 Å². The Labute approximate surface area is 144 Å². The molecule has 0 saturated carbocycles. The van der Waals surface area contributed by atoms with Crippen LogP contribution in [0.3, 0.4) is 0 Å². The van der Waals surface area contributed by atoms with E-state index >= 15 is 0 Å². The molecule has 0 saturated heterocycles. The molecule has 1 heterocycles. The Bertz CT molecular complexity index is 750. The maximum absolute atomic E-state index is 13.0. The highest BCUT2D eigenvalue weighted by molar-refractivity contribution is 7.14. The number of carbonyl (C=O) groups is 2. The predicted molar refractivity (Wildman–Crippen MR) is 93.1 cm³/mol. The van der Waals surface area contributed by atoms with E-state index in [4.69, 9.17) is 0 Å². The fourth-order valence-electron chi connectivity index (χ4n) is 1.87. The topological polar surface area (TPSA) is 53.5 Å². The normalized spacial score (nSPS) is 11.2. The smallest absolute Gasteiger partial charge is 0.273 e. The molecule has 0 atom stereocenters. The zero-order valence-corrected chi connectivity index (χ0v) is 15.1. The molecule has 0 unspecified atom stereocenters. The van der Waals surface area contributed by atoms with Crippen molar-refractivity contribution in [2.45, 2.75) is 26.3 Å². The van der Waals surface area contributed by atoms with E-state index in [-0.39, 0.29) is 17.4 Å². The number of anilines is 1. The van der Waals surface area contributed by atoms with Crippen LogP contribution in [0.2, 0.25) is 0 Å². The van der Waals surface area contributed by atoms with Crippen LogP contribution in [0.25, 0.3) is 0 Å². The zero-order valence-electron chi connectivity index (χ0n) is 14.3. The highest BCUT2D eigenvalue weighted by atomic mass is 32.1. The van der Waals surface area contributed by atoms with Crippen LogP contribution in [-0.4, -0.2) is 41.3 Å². The Morgan fingerprint density at radius 3 is 2.21 bits per heavy atom. The maximum Gasteiger partial charge on any atom is 0.273 e. The highest BCUT2D eigenvalue weighted by Gasteiger charge is 2.26. The van der Waals surface area contributed by atoms with Crippen LogP contribution in [-0.2, 0) is 0 Å². The number of amides is 2. The Morgan fingerprint density at radius 1 is 1.08 bits per heavy atom. The minimum Gasteiger partial charge on any atom is -0.336 e. The fourth-order valence-corrected chi connectivity index (χ4v) is 2.63. The first kappa shape index (κ1) is 18.1. The molecule has 2 rings (SSSR count). The van der Waals surface area contributed by atoms with Crippen LogP contribution >= 0.6 is 11.3 Å². The summed E-state index contributed by atoms with van der Waals surface area (Å²) in [6.45, 7) is 5.80. The van der Waals surface area contributed by atoms with Crippen molar-refractivity contribution >= 4 is 28.3 Å². The molecule has 0 N–H and O–H groups in total. The van der Waals surface area contributed by atoms with Crippen LogP contribution in [0.4, 0.5) is 9.52 Å². The first-order chi connectivity index (χ1) is 11.1. The van der Waals surface area contributed by atoms with Gasteiger partial charge in [0.1, 0.15) is 11.5 Å². The molecule has 0 radical (unpaired) electrons. The number of carbonyl (C=O) groups excluding carboxylic acids is 2. The molecular weight excluding hydrogens is 329 g/mol. The van der Waals surface area contributed by atoms with E-state index in [0.29, 0.717) is 16.4 Å². The van der Waals surface area contributed by atoms with Crippen molar-refractivity contribution in [2.75, 3.05) is 19.0 Å². The summed E-state index contributed by atoms with van der Waals surface area (Å²) in [6, 6.07) is 5.30. The lowest BCUT2D eigenvalue weighted by molar-refractivity contribution is 0.0650. The standard InChI is InChI=1S/C17H20FN3O2S/c1-17(2,3)21(5)15(23)13-10-24-16(19-13)20(4)14(22)11-6-8-12(18)9-7-11/h6-10H,1-5H3. The summed E-state index contributed by atoms with van der Waals surface area (Å²) < 4.78 is 13.0. The zero-order chi connectivity index (χ0) is 18.1. The fraction of sp³-hybridized carbons (Fsp3) is 0.353. The number of benzene rings is 1. The number of halogens is 1. The molecule has 24 heavy (non-hydrogen) atoms. The molecule has 0 fully saturated rings. The van der Waals surface area contributed by atoms with Crippen LogP contribution < -0.4 is 4.90 Å². The molecule has 0 spiro atoms. The summed E-state index contributed by atoms with van der Waals surface area (Å²) in [5.74, 6) is -0.915. The largest absolute Gasteiger partial charge is 0.336 e. The Kier molecular flexibility index (Phi) is 5.03. The molecule has 1 aromatic heterocycles. The van der Waals surface area contributed by atoms with Gasteiger partial charge in [0.05, 0.1) is 0 Å². The monoisotopic (exact) mass is 349 g/mol. The van der Waals surface area contributed by atoms with Gasteiger partial charge < -0.3 is 4.90 Å².